The number of allylic oxidation sites excluding steroid dienone is 1. The minimum absolute atomic E-state index is 0.117. The number of nitrogens with one attached hydrogen (secondary N) is 2. The first-order valence-corrected chi connectivity index (χ1v) is 12.0. The predicted molar refractivity (Wildman–Crippen MR) is 133 cm³/mol. The summed E-state index contributed by atoms with van der Waals surface area (Å²) >= 11 is 0. The van der Waals surface area contributed by atoms with Crippen molar-refractivity contribution in [3.05, 3.63) is 62.5 Å². The number of nitro groups is 1. The molecule has 10 nitrogen and oxygen atoms in total. The van der Waals surface area contributed by atoms with Gasteiger partial charge >= 0.3 is 11.9 Å². The number of esters is 2. The van der Waals surface area contributed by atoms with Gasteiger partial charge in [-0.15, -0.1) is 0 Å². The standard InChI is InChI=1S/C25H36N4O6/c1-6-28(7-2)15-14-26-16-19-23(25(31)35-9-4)22(18-12-10-11-13-20(18)29(32)33)21(17(5)27-19)24(30)34-8-3/h10-13,22,26-27H,6-9,14-16H2,1-5H3. The van der Waals surface area contributed by atoms with Crippen LogP contribution in [0.2, 0.25) is 0 Å². The van der Waals surface area contributed by atoms with E-state index in [1.54, 1.807) is 39.0 Å². The number of ether oxygens (including phenoxy) is 2. The van der Waals surface area contributed by atoms with Crippen LogP contribution in [-0.4, -0.2) is 67.7 Å². The van der Waals surface area contributed by atoms with E-state index in [0.29, 0.717) is 24.5 Å². The van der Waals surface area contributed by atoms with E-state index in [1.165, 1.54) is 6.07 Å². The summed E-state index contributed by atoms with van der Waals surface area (Å²) in [5, 5.41) is 18.4. The highest BCUT2D eigenvalue weighted by molar-refractivity contribution is 6.00. The zero-order valence-electron chi connectivity index (χ0n) is 21.2. The van der Waals surface area contributed by atoms with E-state index in [2.05, 4.69) is 29.4 Å². The summed E-state index contributed by atoms with van der Waals surface area (Å²) in [5.41, 5.74) is 1.33. The quantitative estimate of drug-likeness (QED) is 0.187. The number of hydrogen-bond donors (Lipinski definition) is 2. The maximum absolute atomic E-state index is 13.2. The molecule has 1 aromatic carbocycles. The number of carbonyl (C=O) groups excluding carboxylic acids is 2. The normalized spacial score (nSPS) is 15.8. The van der Waals surface area contributed by atoms with Gasteiger partial charge in [-0.05, 0) is 33.9 Å². The molecule has 192 valence electrons. The lowest BCUT2D eigenvalue weighted by Gasteiger charge is -2.31. The van der Waals surface area contributed by atoms with Crippen molar-refractivity contribution in [2.45, 2.75) is 40.5 Å². The van der Waals surface area contributed by atoms with Crippen molar-refractivity contribution in [3.8, 4) is 0 Å². The highest BCUT2D eigenvalue weighted by Gasteiger charge is 2.41. The summed E-state index contributed by atoms with van der Waals surface area (Å²) in [6.45, 7) is 13.1. The van der Waals surface area contributed by atoms with Gasteiger partial charge in [0.15, 0.2) is 0 Å². The fourth-order valence-corrected chi connectivity index (χ4v) is 4.16. The van der Waals surface area contributed by atoms with Crippen LogP contribution in [0.3, 0.4) is 0 Å². The van der Waals surface area contributed by atoms with E-state index in [0.717, 1.165) is 19.6 Å². The first-order valence-electron chi connectivity index (χ1n) is 12.0. The number of hydrogen-bond acceptors (Lipinski definition) is 9. The van der Waals surface area contributed by atoms with Crippen LogP contribution in [0.15, 0.2) is 46.8 Å². The molecule has 0 amide bonds. The number of nitrogens with zero attached hydrogens (tertiary/aromatic N) is 2. The summed E-state index contributed by atoms with van der Waals surface area (Å²) < 4.78 is 10.6. The molecular formula is C25H36N4O6. The molecule has 0 fully saturated rings. The Morgan fingerprint density at radius 3 is 2.23 bits per heavy atom. The Hall–Kier alpha value is -3.24. The number of nitro benzene ring substituents is 1. The Morgan fingerprint density at radius 1 is 1.06 bits per heavy atom. The molecule has 0 aromatic heterocycles. The molecule has 1 aromatic rings. The average Bonchev–Trinajstić information content (AvgIpc) is 2.83. The van der Waals surface area contributed by atoms with E-state index in [4.69, 9.17) is 9.47 Å². The van der Waals surface area contributed by atoms with Crippen molar-refractivity contribution in [2.24, 2.45) is 0 Å². The third-order valence-electron chi connectivity index (χ3n) is 5.88. The molecule has 0 bridgehead atoms. The van der Waals surface area contributed by atoms with Crippen LogP contribution >= 0.6 is 0 Å². The summed E-state index contributed by atoms with van der Waals surface area (Å²) in [7, 11) is 0. The summed E-state index contributed by atoms with van der Waals surface area (Å²) in [6.07, 6.45) is 0. The first kappa shape index (κ1) is 28.0. The van der Waals surface area contributed by atoms with Crippen LogP contribution in [0.25, 0.3) is 0 Å². The number of likely N-dealkylation sites (N-methyl/N-ethyl adjacent to an activating group) is 1. The van der Waals surface area contributed by atoms with E-state index in [-0.39, 0.29) is 35.6 Å². The van der Waals surface area contributed by atoms with Gasteiger partial charge in [0.25, 0.3) is 5.69 Å². The second-order valence-electron chi connectivity index (χ2n) is 7.95. The minimum Gasteiger partial charge on any atom is -0.463 e. The third kappa shape index (κ3) is 6.89. The molecule has 2 N–H and O–H groups in total. The molecule has 0 saturated heterocycles. The molecule has 0 saturated carbocycles. The maximum atomic E-state index is 13.2. The Morgan fingerprint density at radius 2 is 1.66 bits per heavy atom. The second kappa shape index (κ2) is 13.6. The van der Waals surface area contributed by atoms with Crippen LogP contribution in [0.4, 0.5) is 5.69 Å². The van der Waals surface area contributed by atoms with E-state index < -0.39 is 22.8 Å². The number of dihydropyridines is 1. The van der Waals surface area contributed by atoms with Gasteiger partial charge in [-0.1, -0.05) is 32.0 Å². The Balaban J connectivity index is 2.61. The van der Waals surface area contributed by atoms with E-state index in [1.807, 2.05) is 0 Å². The van der Waals surface area contributed by atoms with Gasteiger partial charge in [-0.3, -0.25) is 10.1 Å². The fraction of sp³-hybridized carbons (Fsp3) is 0.520. The monoisotopic (exact) mass is 488 g/mol. The van der Waals surface area contributed by atoms with Gasteiger partial charge in [-0.25, -0.2) is 9.59 Å². The van der Waals surface area contributed by atoms with Gasteiger partial charge in [0.2, 0.25) is 0 Å². The maximum Gasteiger partial charge on any atom is 0.336 e. The molecule has 10 heteroatoms. The largest absolute Gasteiger partial charge is 0.463 e. The van der Waals surface area contributed by atoms with Crippen LogP contribution in [-0.2, 0) is 19.1 Å². The fourth-order valence-electron chi connectivity index (χ4n) is 4.16. The number of rotatable bonds is 13. The van der Waals surface area contributed by atoms with Crippen molar-refractivity contribution in [3.63, 3.8) is 0 Å². The van der Waals surface area contributed by atoms with Crippen molar-refractivity contribution in [1.29, 1.82) is 0 Å². The molecule has 2 rings (SSSR count). The van der Waals surface area contributed by atoms with Gasteiger partial charge in [0, 0.05) is 42.7 Å². The molecule has 1 unspecified atom stereocenters. The second-order valence-corrected chi connectivity index (χ2v) is 7.95. The highest BCUT2D eigenvalue weighted by Crippen LogP contribution is 2.42. The molecule has 1 aliphatic rings. The van der Waals surface area contributed by atoms with Crippen molar-refractivity contribution >= 4 is 17.6 Å². The number of carbonyl (C=O) groups is 2. The lowest BCUT2D eigenvalue weighted by Crippen LogP contribution is -2.39. The highest BCUT2D eigenvalue weighted by atomic mass is 16.6. The van der Waals surface area contributed by atoms with Crippen LogP contribution in [0.5, 0.6) is 0 Å². The number of benzene rings is 1. The molecule has 35 heavy (non-hydrogen) atoms. The Labute approximate surface area is 206 Å². The van der Waals surface area contributed by atoms with Gasteiger partial charge in [-0.2, -0.15) is 0 Å². The van der Waals surface area contributed by atoms with Crippen LogP contribution < -0.4 is 10.6 Å². The van der Waals surface area contributed by atoms with E-state index >= 15 is 0 Å². The topological polar surface area (TPSA) is 123 Å². The zero-order valence-corrected chi connectivity index (χ0v) is 21.2. The SMILES string of the molecule is CCOC(=O)C1=C(C)NC(CNCCN(CC)CC)=C(C(=O)OCC)C1c1ccccc1[N+](=O)[O-]. The lowest BCUT2D eigenvalue weighted by molar-refractivity contribution is -0.385. The van der Waals surface area contributed by atoms with Crippen LogP contribution in [0, 0.1) is 10.1 Å². The van der Waals surface area contributed by atoms with Crippen molar-refractivity contribution in [1.82, 2.24) is 15.5 Å². The third-order valence-corrected chi connectivity index (χ3v) is 5.88. The molecule has 0 spiro atoms. The van der Waals surface area contributed by atoms with Gasteiger partial charge < -0.3 is 25.0 Å². The Kier molecular flexibility index (Phi) is 10.9. The zero-order chi connectivity index (χ0) is 26.0. The molecule has 1 aliphatic heterocycles. The summed E-state index contributed by atoms with van der Waals surface area (Å²) in [4.78, 5) is 39.9. The molecular weight excluding hydrogens is 452 g/mol. The summed E-state index contributed by atoms with van der Waals surface area (Å²) in [5.74, 6) is -2.30. The van der Waals surface area contributed by atoms with Gasteiger partial charge in [0.1, 0.15) is 0 Å². The minimum atomic E-state index is -1.02. The van der Waals surface area contributed by atoms with Crippen molar-refractivity contribution in [2.75, 3.05) is 45.9 Å². The number of para-hydroxylation sites is 1. The molecule has 1 atom stereocenters. The molecule has 1 heterocycles. The van der Waals surface area contributed by atoms with Crippen LogP contribution in [0.1, 0.15) is 46.1 Å². The first-order chi connectivity index (χ1) is 16.8. The Bertz CT molecular complexity index is 984. The van der Waals surface area contributed by atoms with Gasteiger partial charge in [0.05, 0.1) is 35.2 Å². The lowest BCUT2D eigenvalue weighted by atomic mass is 9.79. The average molecular weight is 489 g/mol. The summed E-state index contributed by atoms with van der Waals surface area (Å²) in [6, 6.07) is 6.12. The predicted octanol–water partition coefficient (Wildman–Crippen LogP) is 2.87. The molecule has 0 aliphatic carbocycles. The van der Waals surface area contributed by atoms with E-state index in [9.17, 15) is 19.7 Å². The molecule has 0 radical (unpaired) electrons. The van der Waals surface area contributed by atoms with Crippen molar-refractivity contribution < 1.29 is 24.0 Å². The smallest absolute Gasteiger partial charge is 0.336 e.